The van der Waals surface area contributed by atoms with Crippen LogP contribution in [0.5, 0.6) is 0 Å². The molecular formula is C60H50F6N12O2. The Labute approximate surface area is 456 Å². The van der Waals surface area contributed by atoms with E-state index in [1.807, 2.05) is 109 Å². The van der Waals surface area contributed by atoms with E-state index in [-0.39, 0.29) is 33.9 Å². The molecule has 0 saturated carbocycles. The number of anilines is 2. The zero-order chi connectivity index (χ0) is 56.9. The van der Waals surface area contributed by atoms with Crippen LogP contribution in [0.4, 0.5) is 37.7 Å². The van der Waals surface area contributed by atoms with Gasteiger partial charge in [-0.1, -0.05) is 36.1 Å². The van der Waals surface area contributed by atoms with Gasteiger partial charge in [-0.25, -0.2) is 19.9 Å². The molecule has 4 aromatic carbocycles. The number of carbonyl (C=O) groups excluding carboxylic acids is 2. The molecule has 0 aliphatic carbocycles. The normalized spacial score (nSPS) is 11.5. The van der Waals surface area contributed by atoms with Crippen LogP contribution >= 0.6 is 0 Å². The van der Waals surface area contributed by atoms with Crippen molar-refractivity contribution in [3.05, 3.63) is 226 Å². The number of nitrogens with one attached hydrogen (secondary N) is 2. The number of aryl methyl sites for hydroxylation is 2. The van der Waals surface area contributed by atoms with Gasteiger partial charge in [-0.05, 0) is 150 Å². The molecule has 80 heavy (non-hydrogen) atoms. The molecule has 6 heterocycles. The summed E-state index contributed by atoms with van der Waals surface area (Å²) in [5.41, 5.74) is 5.13. The second kappa shape index (κ2) is 23.1. The van der Waals surface area contributed by atoms with Crippen molar-refractivity contribution in [2.24, 2.45) is 0 Å². The minimum absolute atomic E-state index is 0.0123. The first-order valence-electron chi connectivity index (χ1n) is 24.7. The van der Waals surface area contributed by atoms with Crippen molar-refractivity contribution < 1.29 is 35.9 Å². The maximum absolute atomic E-state index is 13.8. The lowest BCUT2D eigenvalue weighted by atomic mass is 10.0. The Morgan fingerprint density at radius 3 is 1.31 bits per heavy atom. The van der Waals surface area contributed by atoms with Crippen molar-refractivity contribution >= 4 is 34.5 Å². The molecule has 2 amide bonds. The van der Waals surface area contributed by atoms with Crippen LogP contribution in [-0.2, 0) is 25.4 Å². The lowest BCUT2D eigenvalue weighted by Crippen LogP contribution is -2.16. The number of carbonyl (C=O) groups is 2. The van der Waals surface area contributed by atoms with Crippen molar-refractivity contribution in [3.8, 4) is 35.1 Å². The Kier molecular flexibility index (Phi) is 15.9. The van der Waals surface area contributed by atoms with Gasteiger partial charge >= 0.3 is 12.4 Å². The van der Waals surface area contributed by atoms with Crippen molar-refractivity contribution in [1.82, 2.24) is 47.7 Å². The van der Waals surface area contributed by atoms with Gasteiger partial charge in [0.15, 0.2) is 0 Å². The molecule has 0 aliphatic heterocycles. The summed E-state index contributed by atoms with van der Waals surface area (Å²) in [5.74, 6) is 12.4. The fourth-order valence-electron chi connectivity index (χ4n) is 8.43. The third-order valence-electron chi connectivity index (χ3n) is 12.4. The average molecular weight is 1090 g/mol. The Hall–Kier alpha value is -9.76. The fraction of sp³-hybridized carbons (Fsp3) is 0.167. The summed E-state index contributed by atoms with van der Waals surface area (Å²) in [6, 6.07) is 28.2. The smallest absolute Gasteiger partial charge is 0.322 e. The molecule has 0 spiro atoms. The van der Waals surface area contributed by atoms with E-state index in [9.17, 15) is 35.9 Å². The van der Waals surface area contributed by atoms with Crippen LogP contribution in [0.1, 0.15) is 77.1 Å². The number of alkyl halides is 6. The second-order valence-electron chi connectivity index (χ2n) is 19.0. The SMILES string of the molecule is Cc1ccc(C(=O)Nc2cc(-n3ccnc3CN(C)C)cc(C(F)(F)F)c2)cc1C#Cc1cnc2ccccn12.Cc1ccc(C(=O)Nc2cc(-n3ccnc3CN(C)C)cc(C(F)(F)F)c2)cc1C#Cc1cnc2ccccn12. The van der Waals surface area contributed by atoms with Crippen molar-refractivity contribution in [2.45, 2.75) is 39.3 Å². The lowest BCUT2D eigenvalue weighted by Gasteiger charge is -2.16. The van der Waals surface area contributed by atoms with Gasteiger partial charge in [0.1, 0.15) is 34.3 Å². The number of aromatic nitrogens is 8. The number of hydrogen-bond acceptors (Lipinski definition) is 8. The second-order valence-corrected chi connectivity index (χ2v) is 19.0. The zero-order valence-electron chi connectivity index (χ0n) is 44.0. The minimum Gasteiger partial charge on any atom is -0.322 e. The Balaban J connectivity index is 0.000000194. The van der Waals surface area contributed by atoms with Crippen LogP contribution in [0.15, 0.2) is 159 Å². The molecule has 2 N–H and O–H groups in total. The topological polar surface area (TPSA) is 135 Å². The van der Waals surface area contributed by atoms with Crippen LogP contribution in [0, 0.1) is 37.5 Å². The van der Waals surface area contributed by atoms with Gasteiger partial charge < -0.3 is 29.6 Å². The molecule has 14 nitrogen and oxygen atoms in total. The molecule has 0 bridgehead atoms. The van der Waals surface area contributed by atoms with Crippen molar-refractivity contribution in [1.29, 1.82) is 0 Å². The molecule has 0 unspecified atom stereocenters. The van der Waals surface area contributed by atoms with Gasteiger partial charge in [0, 0.05) is 82.2 Å². The fourth-order valence-corrected chi connectivity index (χ4v) is 8.43. The highest BCUT2D eigenvalue weighted by atomic mass is 19.4. The number of rotatable bonds is 10. The number of pyridine rings is 2. The van der Waals surface area contributed by atoms with Gasteiger partial charge in [-0.3, -0.25) is 18.4 Å². The lowest BCUT2D eigenvalue weighted by molar-refractivity contribution is -0.138. The van der Waals surface area contributed by atoms with Crippen molar-refractivity contribution in [3.63, 3.8) is 0 Å². The number of fused-ring (bicyclic) bond motifs is 2. The summed E-state index contributed by atoms with van der Waals surface area (Å²) in [4.78, 5) is 47.3. The van der Waals surface area contributed by atoms with E-state index in [1.165, 1.54) is 24.5 Å². The molecule has 0 aliphatic rings. The predicted molar refractivity (Wildman–Crippen MR) is 293 cm³/mol. The van der Waals surface area contributed by atoms with E-state index in [1.54, 1.807) is 70.3 Å². The first-order chi connectivity index (χ1) is 38.2. The van der Waals surface area contributed by atoms with E-state index >= 15 is 0 Å². The maximum Gasteiger partial charge on any atom is 0.416 e. The monoisotopic (exact) mass is 1080 g/mol. The van der Waals surface area contributed by atoms with Gasteiger partial charge in [0.25, 0.3) is 11.8 Å². The molecule has 0 radical (unpaired) electrons. The van der Waals surface area contributed by atoms with Crippen LogP contribution in [-0.4, -0.2) is 87.7 Å². The number of imidazole rings is 4. The average Bonchev–Trinajstić information content (AvgIpc) is 4.26. The highest BCUT2D eigenvalue weighted by Gasteiger charge is 2.33. The van der Waals surface area contributed by atoms with Crippen LogP contribution in [0.3, 0.4) is 0 Å². The number of hydrogen-bond donors (Lipinski definition) is 2. The first-order valence-corrected chi connectivity index (χ1v) is 24.7. The van der Waals surface area contributed by atoms with Gasteiger partial charge in [-0.15, -0.1) is 0 Å². The molecule has 10 rings (SSSR count). The van der Waals surface area contributed by atoms with Gasteiger partial charge in [0.05, 0.1) is 36.6 Å². The molecule has 0 atom stereocenters. The van der Waals surface area contributed by atoms with Crippen molar-refractivity contribution in [2.75, 3.05) is 38.8 Å². The molecule has 0 fully saturated rings. The third-order valence-corrected chi connectivity index (χ3v) is 12.4. The van der Waals surface area contributed by atoms with E-state index in [2.05, 4.69) is 54.3 Å². The maximum atomic E-state index is 13.8. The Bertz CT molecular complexity index is 3800. The molecule has 10 aromatic rings. The molecule has 6 aromatic heterocycles. The number of amides is 2. The minimum atomic E-state index is -4.61. The quantitative estimate of drug-likeness (QED) is 0.102. The number of nitrogens with zero attached hydrogens (tertiary/aromatic N) is 10. The summed E-state index contributed by atoms with van der Waals surface area (Å²) in [5, 5.41) is 5.26. The summed E-state index contributed by atoms with van der Waals surface area (Å²) in [6.45, 7) is 4.59. The number of benzene rings is 4. The van der Waals surface area contributed by atoms with E-state index < -0.39 is 35.3 Å². The van der Waals surface area contributed by atoms with Crippen LogP contribution in [0.25, 0.3) is 22.7 Å². The Morgan fingerprint density at radius 1 is 0.512 bits per heavy atom. The zero-order valence-corrected chi connectivity index (χ0v) is 44.0. The molecule has 0 saturated heterocycles. The molecular weight excluding hydrogens is 1030 g/mol. The molecule has 404 valence electrons. The summed E-state index contributed by atoms with van der Waals surface area (Å²) in [7, 11) is 7.37. The summed E-state index contributed by atoms with van der Waals surface area (Å²) in [6.07, 6.45) is 4.08. The van der Waals surface area contributed by atoms with E-state index in [0.717, 1.165) is 46.7 Å². The third kappa shape index (κ3) is 13.0. The summed E-state index contributed by atoms with van der Waals surface area (Å²) < 4.78 is 89.6. The first kappa shape index (κ1) is 55.0. The number of halogens is 6. The van der Waals surface area contributed by atoms with Crippen LogP contribution < -0.4 is 10.6 Å². The molecule has 20 heteroatoms. The highest BCUT2D eigenvalue weighted by molar-refractivity contribution is 6.05. The van der Waals surface area contributed by atoms with Gasteiger partial charge in [-0.2, -0.15) is 26.3 Å². The summed E-state index contributed by atoms with van der Waals surface area (Å²) >= 11 is 0. The van der Waals surface area contributed by atoms with Crippen LogP contribution in [0.2, 0.25) is 0 Å². The highest BCUT2D eigenvalue weighted by Crippen LogP contribution is 2.35. The van der Waals surface area contributed by atoms with E-state index in [0.29, 0.717) is 47.3 Å². The predicted octanol–water partition coefficient (Wildman–Crippen LogP) is 11.1. The van der Waals surface area contributed by atoms with Gasteiger partial charge in [0.2, 0.25) is 0 Å². The Morgan fingerprint density at radius 2 is 0.925 bits per heavy atom. The van der Waals surface area contributed by atoms with E-state index in [4.69, 9.17) is 0 Å². The standard InChI is InChI=1S/2C30H25F3N6O/c2*1-20-7-8-22(14-21(20)9-10-25-18-35-27-6-4-5-12-38(25)27)29(40)36-24-15-23(30(31,32)33)16-26(17-24)39-13-11-34-28(39)19-37(2)3/h2*4-8,11-18H,19H2,1-3H3,(H,36,40). The largest absolute Gasteiger partial charge is 0.416 e.